The molecule has 1 aromatic rings. The number of ether oxygens (including phenoxy) is 1. The Bertz CT molecular complexity index is 466. The van der Waals surface area contributed by atoms with Gasteiger partial charge in [0.25, 0.3) is 0 Å². The number of para-hydroxylation sites is 1. The minimum atomic E-state index is -0.461. The molecule has 5 nitrogen and oxygen atoms in total. The van der Waals surface area contributed by atoms with Crippen LogP contribution in [0.1, 0.15) is 25.0 Å². The molecule has 20 heavy (non-hydrogen) atoms. The van der Waals surface area contributed by atoms with Crippen LogP contribution in [-0.4, -0.2) is 31.7 Å². The zero-order valence-electron chi connectivity index (χ0n) is 12.5. The average Bonchev–Trinajstić information content (AvgIpc) is 2.36. The van der Waals surface area contributed by atoms with Crippen LogP contribution >= 0.6 is 0 Å². The molecule has 0 aliphatic rings. The highest BCUT2D eigenvalue weighted by molar-refractivity contribution is 5.93. The Hall–Kier alpha value is -2.04. The third-order valence-corrected chi connectivity index (χ3v) is 2.97. The van der Waals surface area contributed by atoms with Crippen LogP contribution in [0.3, 0.4) is 0 Å². The predicted molar refractivity (Wildman–Crippen MR) is 79.0 cm³/mol. The highest BCUT2D eigenvalue weighted by Gasteiger charge is 2.16. The van der Waals surface area contributed by atoms with Gasteiger partial charge in [-0.25, -0.2) is 4.79 Å². The Kier molecular flexibility index (Phi) is 6.03. The highest BCUT2D eigenvalue weighted by atomic mass is 16.5. The fraction of sp³-hybridized carbons (Fsp3) is 0.467. The molecule has 1 N–H and O–H groups in total. The number of rotatable bonds is 5. The summed E-state index contributed by atoms with van der Waals surface area (Å²) in [6.07, 6.45) is -0.461. The Morgan fingerprint density at radius 2 is 1.85 bits per heavy atom. The number of carbonyl (C=O) groups is 2. The van der Waals surface area contributed by atoms with Crippen molar-refractivity contribution in [1.29, 1.82) is 0 Å². The van der Waals surface area contributed by atoms with Crippen LogP contribution in [-0.2, 0) is 9.53 Å². The van der Waals surface area contributed by atoms with Crippen molar-refractivity contribution in [1.82, 2.24) is 5.32 Å². The molecular formula is C15H22N2O3. The fourth-order valence-corrected chi connectivity index (χ4v) is 2.11. The van der Waals surface area contributed by atoms with Crippen LogP contribution in [0, 0.1) is 13.8 Å². The number of carbonyl (C=O) groups excluding carboxylic acids is 2. The maximum atomic E-state index is 11.8. The van der Waals surface area contributed by atoms with E-state index in [0.717, 1.165) is 16.8 Å². The molecule has 2 amide bonds. The second-order valence-corrected chi connectivity index (χ2v) is 4.56. The van der Waals surface area contributed by atoms with Gasteiger partial charge >= 0.3 is 6.09 Å². The third-order valence-electron chi connectivity index (χ3n) is 2.97. The van der Waals surface area contributed by atoms with Gasteiger partial charge < -0.3 is 15.0 Å². The summed E-state index contributed by atoms with van der Waals surface area (Å²) in [5, 5.41) is 2.62. The third kappa shape index (κ3) is 4.26. The van der Waals surface area contributed by atoms with E-state index in [1.165, 1.54) is 6.92 Å². The molecule has 0 fully saturated rings. The molecule has 0 spiro atoms. The molecule has 1 aromatic carbocycles. The van der Waals surface area contributed by atoms with Crippen LogP contribution in [0.25, 0.3) is 0 Å². The number of anilines is 1. The summed E-state index contributed by atoms with van der Waals surface area (Å²) in [5.74, 6) is -0.0481. The summed E-state index contributed by atoms with van der Waals surface area (Å²) in [4.78, 5) is 24.7. The molecular weight excluding hydrogens is 256 g/mol. The van der Waals surface area contributed by atoms with Crippen molar-refractivity contribution in [3.8, 4) is 0 Å². The number of amides is 2. The number of nitrogens with zero attached hydrogens (tertiary/aromatic N) is 1. The van der Waals surface area contributed by atoms with E-state index in [9.17, 15) is 9.59 Å². The Labute approximate surface area is 119 Å². The van der Waals surface area contributed by atoms with E-state index >= 15 is 0 Å². The van der Waals surface area contributed by atoms with Crippen LogP contribution in [0.2, 0.25) is 0 Å². The summed E-state index contributed by atoms with van der Waals surface area (Å²) >= 11 is 0. The molecule has 1 rings (SSSR count). The lowest BCUT2D eigenvalue weighted by Gasteiger charge is -2.25. The second-order valence-electron chi connectivity index (χ2n) is 4.56. The zero-order chi connectivity index (χ0) is 15.1. The Morgan fingerprint density at radius 1 is 1.25 bits per heavy atom. The average molecular weight is 278 g/mol. The van der Waals surface area contributed by atoms with Crippen molar-refractivity contribution >= 4 is 17.7 Å². The van der Waals surface area contributed by atoms with E-state index in [0.29, 0.717) is 19.7 Å². The van der Waals surface area contributed by atoms with Crippen molar-refractivity contribution < 1.29 is 14.3 Å². The van der Waals surface area contributed by atoms with Gasteiger partial charge in [0.05, 0.1) is 6.61 Å². The number of alkyl carbamates (subject to hydrolysis) is 1. The molecule has 110 valence electrons. The smallest absolute Gasteiger partial charge is 0.407 e. The molecule has 0 saturated carbocycles. The zero-order valence-corrected chi connectivity index (χ0v) is 12.5. The molecule has 0 aliphatic carbocycles. The van der Waals surface area contributed by atoms with Gasteiger partial charge in [0, 0.05) is 25.7 Å². The molecule has 0 heterocycles. The van der Waals surface area contributed by atoms with E-state index in [-0.39, 0.29) is 5.91 Å². The lowest BCUT2D eigenvalue weighted by atomic mass is 10.1. The molecule has 0 atom stereocenters. The first-order valence-electron chi connectivity index (χ1n) is 6.72. The monoisotopic (exact) mass is 278 g/mol. The predicted octanol–water partition coefficient (Wildman–Crippen LogP) is 2.40. The summed E-state index contributed by atoms with van der Waals surface area (Å²) < 4.78 is 4.78. The molecule has 0 saturated heterocycles. The highest BCUT2D eigenvalue weighted by Crippen LogP contribution is 2.24. The molecule has 0 aliphatic heterocycles. The summed E-state index contributed by atoms with van der Waals surface area (Å²) in [5.41, 5.74) is 2.98. The van der Waals surface area contributed by atoms with Gasteiger partial charge in [0.1, 0.15) is 0 Å². The van der Waals surface area contributed by atoms with Crippen LogP contribution < -0.4 is 10.2 Å². The molecule has 0 unspecified atom stereocenters. The standard InChI is InChI=1S/C15H22N2O3/c1-5-20-15(19)16-9-10-17(13(4)18)14-11(2)7-6-8-12(14)3/h6-8H,5,9-10H2,1-4H3,(H,16,19). The van der Waals surface area contributed by atoms with Crippen molar-refractivity contribution in [3.05, 3.63) is 29.3 Å². The Morgan fingerprint density at radius 3 is 2.35 bits per heavy atom. The first-order chi connectivity index (χ1) is 9.47. The largest absolute Gasteiger partial charge is 0.450 e. The van der Waals surface area contributed by atoms with Crippen molar-refractivity contribution in [3.63, 3.8) is 0 Å². The van der Waals surface area contributed by atoms with Crippen LogP contribution in [0.5, 0.6) is 0 Å². The minimum absolute atomic E-state index is 0.0481. The van der Waals surface area contributed by atoms with Gasteiger partial charge in [-0.3, -0.25) is 4.79 Å². The number of nitrogens with one attached hydrogen (secondary N) is 1. The fourth-order valence-electron chi connectivity index (χ4n) is 2.11. The second kappa shape index (κ2) is 7.53. The Balaban J connectivity index is 2.76. The van der Waals surface area contributed by atoms with Gasteiger partial charge in [-0.2, -0.15) is 0 Å². The van der Waals surface area contributed by atoms with Gasteiger partial charge in [0.15, 0.2) is 0 Å². The lowest BCUT2D eigenvalue weighted by molar-refractivity contribution is -0.116. The SMILES string of the molecule is CCOC(=O)NCCN(C(C)=O)c1c(C)cccc1C. The summed E-state index contributed by atoms with van der Waals surface area (Å²) in [6.45, 7) is 8.31. The quantitative estimate of drug-likeness (QED) is 0.899. The first-order valence-corrected chi connectivity index (χ1v) is 6.72. The molecule has 0 bridgehead atoms. The van der Waals surface area contributed by atoms with E-state index < -0.39 is 6.09 Å². The van der Waals surface area contributed by atoms with Crippen molar-refractivity contribution in [2.75, 3.05) is 24.6 Å². The molecule has 0 radical (unpaired) electrons. The number of benzene rings is 1. The van der Waals surface area contributed by atoms with Crippen LogP contribution in [0.4, 0.5) is 10.5 Å². The number of hydrogen-bond donors (Lipinski definition) is 1. The van der Waals surface area contributed by atoms with Gasteiger partial charge in [-0.15, -0.1) is 0 Å². The maximum absolute atomic E-state index is 11.8. The van der Waals surface area contributed by atoms with E-state index in [2.05, 4.69) is 5.32 Å². The van der Waals surface area contributed by atoms with E-state index in [4.69, 9.17) is 4.74 Å². The number of aryl methyl sites for hydroxylation is 2. The maximum Gasteiger partial charge on any atom is 0.407 e. The molecule has 0 aromatic heterocycles. The normalized spacial score (nSPS) is 10.0. The first kappa shape index (κ1) is 16.0. The van der Waals surface area contributed by atoms with Gasteiger partial charge in [-0.1, -0.05) is 18.2 Å². The van der Waals surface area contributed by atoms with E-state index in [1.54, 1.807) is 11.8 Å². The van der Waals surface area contributed by atoms with Crippen molar-refractivity contribution in [2.45, 2.75) is 27.7 Å². The lowest BCUT2D eigenvalue weighted by Crippen LogP contribution is -2.38. The number of hydrogen-bond acceptors (Lipinski definition) is 3. The topological polar surface area (TPSA) is 58.6 Å². The van der Waals surface area contributed by atoms with Crippen LogP contribution in [0.15, 0.2) is 18.2 Å². The summed E-state index contributed by atoms with van der Waals surface area (Å²) in [7, 11) is 0. The van der Waals surface area contributed by atoms with Crippen molar-refractivity contribution in [2.24, 2.45) is 0 Å². The molecule has 5 heteroatoms. The minimum Gasteiger partial charge on any atom is -0.450 e. The van der Waals surface area contributed by atoms with Gasteiger partial charge in [0.2, 0.25) is 5.91 Å². The van der Waals surface area contributed by atoms with E-state index in [1.807, 2.05) is 32.0 Å². The van der Waals surface area contributed by atoms with Gasteiger partial charge in [-0.05, 0) is 31.9 Å². The summed E-state index contributed by atoms with van der Waals surface area (Å²) in [6, 6.07) is 5.90.